The fraction of sp³-hybridized carbons (Fsp3) is 1.00. The average molecular weight is 171 g/mol. The summed E-state index contributed by atoms with van der Waals surface area (Å²) >= 11 is 0. The lowest BCUT2D eigenvalue weighted by molar-refractivity contribution is 0.197. The number of aliphatic hydroxyl groups excluding tert-OH is 1. The highest BCUT2D eigenvalue weighted by Gasteiger charge is 2.18. The Bertz CT molecular complexity index is 123. The first kappa shape index (κ1) is 10.0. The Kier molecular flexibility index (Phi) is 4.02. The van der Waals surface area contributed by atoms with Crippen LogP contribution in [0.25, 0.3) is 0 Å². The Morgan fingerprint density at radius 3 is 2.50 bits per heavy atom. The molecule has 0 aromatic carbocycles. The Morgan fingerprint density at radius 2 is 2.08 bits per heavy atom. The third-order valence-electron chi connectivity index (χ3n) is 3.09. The molecule has 1 aliphatic carbocycles. The van der Waals surface area contributed by atoms with Crippen LogP contribution in [0.2, 0.25) is 0 Å². The number of rotatable bonds is 5. The first-order valence-corrected chi connectivity index (χ1v) is 5.08. The van der Waals surface area contributed by atoms with Gasteiger partial charge in [0.25, 0.3) is 0 Å². The van der Waals surface area contributed by atoms with Crippen molar-refractivity contribution in [2.24, 2.45) is 11.8 Å². The molecule has 0 radical (unpaired) electrons. The van der Waals surface area contributed by atoms with Crippen LogP contribution in [0.3, 0.4) is 0 Å². The number of nitrogens with one attached hydrogen (secondary N) is 1. The number of aliphatic hydroxyl groups is 1. The maximum absolute atomic E-state index is 8.90. The second-order valence-electron chi connectivity index (χ2n) is 4.15. The second-order valence-corrected chi connectivity index (χ2v) is 4.15. The van der Waals surface area contributed by atoms with Crippen molar-refractivity contribution in [2.45, 2.75) is 39.2 Å². The molecule has 2 unspecified atom stereocenters. The normalized spacial score (nSPS) is 23.2. The van der Waals surface area contributed by atoms with Crippen LogP contribution in [0, 0.1) is 11.8 Å². The van der Waals surface area contributed by atoms with E-state index in [1.54, 1.807) is 0 Å². The highest BCUT2D eigenvalue weighted by Crippen LogP contribution is 2.25. The molecule has 1 fully saturated rings. The van der Waals surface area contributed by atoms with Gasteiger partial charge in [-0.1, -0.05) is 13.3 Å². The summed E-state index contributed by atoms with van der Waals surface area (Å²) in [5.74, 6) is 1.29. The van der Waals surface area contributed by atoms with Gasteiger partial charge in [0.05, 0.1) is 0 Å². The quantitative estimate of drug-likeness (QED) is 0.655. The van der Waals surface area contributed by atoms with E-state index in [1.165, 1.54) is 19.3 Å². The zero-order valence-electron chi connectivity index (χ0n) is 8.21. The van der Waals surface area contributed by atoms with E-state index in [1.807, 2.05) is 0 Å². The monoisotopic (exact) mass is 171 g/mol. The second kappa shape index (κ2) is 4.83. The molecule has 0 aliphatic heterocycles. The van der Waals surface area contributed by atoms with Crippen molar-refractivity contribution < 1.29 is 5.11 Å². The van der Waals surface area contributed by atoms with Crippen LogP contribution < -0.4 is 5.32 Å². The molecule has 2 atom stereocenters. The van der Waals surface area contributed by atoms with Gasteiger partial charge < -0.3 is 10.4 Å². The van der Waals surface area contributed by atoms with Gasteiger partial charge in [-0.05, 0) is 38.1 Å². The standard InChI is InChI=1S/C10H21NO/c1-8(7-12)9(2)11-6-10-4-3-5-10/h8-12H,3-7H2,1-2H3. The first-order chi connectivity index (χ1) is 5.74. The van der Waals surface area contributed by atoms with Gasteiger partial charge in [-0.2, -0.15) is 0 Å². The van der Waals surface area contributed by atoms with E-state index in [0.717, 1.165) is 12.5 Å². The summed E-state index contributed by atoms with van der Waals surface area (Å²) in [6.07, 6.45) is 4.21. The lowest BCUT2D eigenvalue weighted by Gasteiger charge is -2.28. The minimum Gasteiger partial charge on any atom is -0.396 e. The number of hydrogen-bond acceptors (Lipinski definition) is 2. The highest BCUT2D eigenvalue weighted by molar-refractivity contribution is 4.75. The third-order valence-corrected chi connectivity index (χ3v) is 3.09. The zero-order chi connectivity index (χ0) is 8.97. The summed E-state index contributed by atoms with van der Waals surface area (Å²) in [6, 6.07) is 0.454. The maximum atomic E-state index is 8.90. The molecular formula is C10H21NO. The summed E-state index contributed by atoms with van der Waals surface area (Å²) in [6.45, 7) is 5.67. The molecule has 72 valence electrons. The van der Waals surface area contributed by atoms with E-state index < -0.39 is 0 Å². The van der Waals surface area contributed by atoms with E-state index in [-0.39, 0.29) is 0 Å². The van der Waals surface area contributed by atoms with E-state index >= 15 is 0 Å². The maximum Gasteiger partial charge on any atom is 0.0471 e. The van der Waals surface area contributed by atoms with Gasteiger partial charge in [0, 0.05) is 12.6 Å². The smallest absolute Gasteiger partial charge is 0.0471 e. The van der Waals surface area contributed by atoms with Crippen molar-refractivity contribution >= 4 is 0 Å². The topological polar surface area (TPSA) is 32.3 Å². The fourth-order valence-corrected chi connectivity index (χ4v) is 1.41. The van der Waals surface area contributed by atoms with Crippen LogP contribution in [-0.2, 0) is 0 Å². The van der Waals surface area contributed by atoms with Crippen molar-refractivity contribution in [1.82, 2.24) is 5.32 Å². The molecule has 0 bridgehead atoms. The van der Waals surface area contributed by atoms with Crippen LogP contribution in [0.5, 0.6) is 0 Å². The van der Waals surface area contributed by atoms with E-state index in [0.29, 0.717) is 18.6 Å². The minimum absolute atomic E-state index is 0.291. The molecule has 0 heterocycles. The molecule has 2 heteroatoms. The first-order valence-electron chi connectivity index (χ1n) is 5.08. The summed E-state index contributed by atoms with van der Waals surface area (Å²) in [4.78, 5) is 0. The van der Waals surface area contributed by atoms with E-state index in [9.17, 15) is 0 Å². The lowest BCUT2D eigenvalue weighted by atomic mass is 9.85. The summed E-state index contributed by atoms with van der Waals surface area (Å²) in [7, 11) is 0. The molecule has 0 aromatic heterocycles. The van der Waals surface area contributed by atoms with Gasteiger partial charge in [0.15, 0.2) is 0 Å². The van der Waals surface area contributed by atoms with Crippen LogP contribution in [0.4, 0.5) is 0 Å². The molecule has 2 N–H and O–H groups in total. The largest absolute Gasteiger partial charge is 0.396 e. The molecule has 2 nitrogen and oxygen atoms in total. The fourth-order valence-electron chi connectivity index (χ4n) is 1.41. The summed E-state index contributed by atoms with van der Waals surface area (Å²) < 4.78 is 0. The molecular weight excluding hydrogens is 150 g/mol. The summed E-state index contributed by atoms with van der Waals surface area (Å²) in [5, 5.41) is 12.4. The summed E-state index contributed by atoms with van der Waals surface area (Å²) in [5.41, 5.74) is 0. The van der Waals surface area contributed by atoms with Crippen LogP contribution in [0.15, 0.2) is 0 Å². The highest BCUT2D eigenvalue weighted by atomic mass is 16.3. The van der Waals surface area contributed by atoms with Gasteiger partial charge in [0.1, 0.15) is 0 Å². The zero-order valence-corrected chi connectivity index (χ0v) is 8.21. The Labute approximate surface area is 75.4 Å². The van der Waals surface area contributed by atoms with Crippen LogP contribution in [0.1, 0.15) is 33.1 Å². The molecule has 1 aliphatic rings. The SMILES string of the molecule is CC(CO)C(C)NCC1CCC1. The van der Waals surface area contributed by atoms with Gasteiger partial charge in [-0.3, -0.25) is 0 Å². The van der Waals surface area contributed by atoms with E-state index in [4.69, 9.17) is 5.11 Å². The van der Waals surface area contributed by atoms with Gasteiger partial charge in [-0.25, -0.2) is 0 Å². The molecule has 0 spiro atoms. The Morgan fingerprint density at radius 1 is 1.42 bits per heavy atom. The molecule has 1 saturated carbocycles. The van der Waals surface area contributed by atoms with Crippen LogP contribution in [-0.4, -0.2) is 24.3 Å². The van der Waals surface area contributed by atoms with Gasteiger partial charge in [0.2, 0.25) is 0 Å². The van der Waals surface area contributed by atoms with Crippen molar-refractivity contribution in [2.75, 3.05) is 13.2 Å². The Balaban J connectivity index is 2.04. The number of hydrogen-bond donors (Lipinski definition) is 2. The van der Waals surface area contributed by atoms with Crippen LogP contribution >= 0.6 is 0 Å². The molecule has 1 rings (SSSR count). The average Bonchev–Trinajstić information content (AvgIpc) is 2.00. The van der Waals surface area contributed by atoms with Crippen molar-refractivity contribution in [3.05, 3.63) is 0 Å². The van der Waals surface area contributed by atoms with Crippen molar-refractivity contribution in [3.8, 4) is 0 Å². The van der Waals surface area contributed by atoms with Crippen molar-refractivity contribution in [1.29, 1.82) is 0 Å². The van der Waals surface area contributed by atoms with Crippen molar-refractivity contribution in [3.63, 3.8) is 0 Å². The van der Waals surface area contributed by atoms with Gasteiger partial charge in [-0.15, -0.1) is 0 Å². The molecule has 0 aromatic rings. The third kappa shape index (κ3) is 2.76. The Hall–Kier alpha value is -0.0800. The molecule has 0 saturated heterocycles. The minimum atomic E-state index is 0.291. The predicted octanol–water partition coefficient (Wildman–Crippen LogP) is 1.39. The van der Waals surface area contributed by atoms with Gasteiger partial charge >= 0.3 is 0 Å². The molecule has 0 amide bonds. The lowest BCUT2D eigenvalue weighted by Crippen LogP contribution is -2.38. The predicted molar refractivity (Wildman–Crippen MR) is 51.1 cm³/mol. The van der Waals surface area contributed by atoms with E-state index in [2.05, 4.69) is 19.2 Å². The molecule has 12 heavy (non-hydrogen) atoms.